The summed E-state index contributed by atoms with van der Waals surface area (Å²) in [5.41, 5.74) is 9.75. The van der Waals surface area contributed by atoms with E-state index in [0.29, 0.717) is 5.76 Å². The van der Waals surface area contributed by atoms with Crippen molar-refractivity contribution in [1.82, 2.24) is 4.98 Å². The van der Waals surface area contributed by atoms with Crippen molar-refractivity contribution in [1.29, 1.82) is 0 Å². The molecule has 0 aliphatic carbocycles. The SMILES string of the molecule is COc1cccc(C(N)c2cc3nc(C)ccc3o2)c1. The third kappa shape index (κ3) is 2.26. The number of aryl methyl sites for hydroxylation is 1. The highest BCUT2D eigenvalue weighted by Gasteiger charge is 2.15. The van der Waals surface area contributed by atoms with Crippen molar-refractivity contribution in [2.24, 2.45) is 5.73 Å². The second kappa shape index (κ2) is 4.98. The lowest BCUT2D eigenvalue weighted by Crippen LogP contribution is -2.10. The normalized spacial score (nSPS) is 12.6. The Morgan fingerprint density at radius 3 is 2.85 bits per heavy atom. The molecule has 0 radical (unpaired) electrons. The zero-order valence-corrected chi connectivity index (χ0v) is 11.5. The van der Waals surface area contributed by atoms with Gasteiger partial charge in [-0.1, -0.05) is 12.1 Å². The Labute approximate surface area is 117 Å². The van der Waals surface area contributed by atoms with Crippen molar-refractivity contribution in [3.63, 3.8) is 0 Å². The van der Waals surface area contributed by atoms with E-state index in [4.69, 9.17) is 14.9 Å². The molecule has 0 bridgehead atoms. The number of methoxy groups -OCH3 is 1. The second-order valence-corrected chi connectivity index (χ2v) is 4.74. The van der Waals surface area contributed by atoms with Gasteiger partial charge >= 0.3 is 0 Å². The lowest BCUT2D eigenvalue weighted by atomic mass is 10.1. The van der Waals surface area contributed by atoms with E-state index in [2.05, 4.69) is 4.98 Å². The molecule has 20 heavy (non-hydrogen) atoms. The van der Waals surface area contributed by atoms with Crippen LogP contribution >= 0.6 is 0 Å². The number of fused-ring (bicyclic) bond motifs is 1. The van der Waals surface area contributed by atoms with Gasteiger partial charge in [0.2, 0.25) is 0 Å². The van der Waals surface area contributed by atoms with Crippen LogP contribution in [0, 0.1) is 6.92 Å². The van der Waals surface area contributed by atoms with E-state index in [1.807, 2.05) is 49.4 Å². The number of nitrogens with zero attached hydrogens (tertiary/aromatic N) is 1. The predicted octanol–water partition coefficient (Wildman–Crippen LogP) is 3.19. The second-order valence-electron chi connectivity index (χ2n) is 4.74. The predicted molar refractivity (Wildman–Crippen MR) is 77.8 cm³/mol. The number of rotatable bonds is 3. The standard InChI is InChI=1S/C16H16N2O2/c1-10-6-7-14-13(18-10)9-15(20-14)16(17)11-4-3-5-12(8-11)19-2/h3-9,16H,17H2,1-2H3. The molecule has 4 heteroatoms. The van der Waals surface area contributed by atoms with Crippen molar-refractivity contribution in [3.05, 3.63) is 59.5 Å². The maximum Gasteiger partial charge on any atom is 0.152 e. The van der Waals surface area contributed by atoms with Crippen molar-refractivity contribution >= 4 is 11.1 Å². The number of ether oxygens (including phenoxy) is 1. The number of aromatic nitrogens is 1. The van der Waals surface area contributed by atoms with E-state index >= 15 is 0 Å². The average molecular weight is 268 g/mol. The van der Waals surface area contributed by atoms with E-state index in [-0.39, 0.29) is 6.04 Å². The number of furan rings is 1. The Balaban J connectivity index is 2.00. The molecule has 102 valence electrons. The van der Waals surface area contributed by atoms with Crippen LogP contribution in [0.25, 0.3) is 11.1 Å². The van der Waals surface area contributed by atoms with E-state index < -0.39 is 0 Å². The van der Waals surface area contributed by atoms with Crippen LogP contribution in [0.2, 0.25) is 0 Å². The van der Waals surface area contributed by atoms with Crippen molar-refractivity contribution < 1.29 is 9.15 Å². The van der Waals surface area contributed by atoms with Gasteiger partial charge in [0.15, 0.2) is 5.58 Å². The Hall–Kier alpha value is -2.33. The molecule has 3 rings (SSSR count). The molecule has 2 aromatic heterocycles. The third-order valence-corrected chi connectivity index (χ3v) is 3.29. The summed E-state index contributed by atoms with van der Waals surface area (Å²) >= 11 is 0. The first kappa shape index (κ1) is 12.7. The van der Waals surface area contributed by atoms with Crippen LogP contribution in [-0.4, -0.2) is 12.1 Å². The van der Waals surface area contributed by atoms with Crippen LogP contribution in [0.3, 0.4) is 0 Å². The zero-order valence-electron chi connectivity index (χ0n) is 11.5. The van der Waals surface area contributed by atoms with Gasteiger partial charge < -0.3 is 14.9 Å². The summed E-state index contributed by atoms with van der Waals surface area (Å²) in [6.45, 7) is 1.95. The van der Waals surface area contributed by atoms with Gasteiger partial charge in [0.25, 0.3) is 0 Å². The quantitative estimate of drug-likeness (QED) is 0.792. The molecule has 2 heterocycles. The fraction of sp³-hybridized carbons (Fsp3) is 0.188. The molecule has 1 atom stereocenters. The molecular weight excluding hydrogens is 252 g/mol. The van der Waals surface area contributed by atoms with E-state index in [9.17, 15) is 0 Å². The number of benzene rings is 1. The fourth-order valence-electron chi connectivity index (χ4n) is 2.20. The smallest absolute Gasteiger partial charge is 0.152 e. The third-order valence-electron chi connectivity index (χ3n) is 3.29. The summed E-state index contributed by atoms with van der Waals surface area (Å²) in [7, 11) is 1.64. The molecule has 1 aromatic carbocycles. The molecule has 3 aromatic rings. The maximum atomic E-state index is 6.26. The molecule has 2 N–H and O–H groups in total. The van der Waals surface area contributed by atoms with Gasteiger partial charge in [0.05, 0.1) is 13.2 Å². The molecule has 0 spiro atoms. The Bertz CT molecular complexity index is 749. The van der Waals surface area contributed by atoms with Gasteiger partial charge in [0, 0.05) is 11.8 Å². The van der Waals surface area contributed by atoms with Crippen LogP contribution in [0.15, 0.2) is 46.9 Å². The van der Waals surface area contributed by atoms with Crippen LogP contribution in [0.4, 0.5) is 0 Å². The molecule has 0 aliphatic rings. The number of hydrogen-bond acceptors (Lipinski definition) is 4. The number of hydrogen-bond donors (Lipinski definition) is 1. The van der Waals surface area contributed by atoms with Gasteiger partial charge in [0.1, 0.15) is 17.0 Å². The topological polar surface area (TPSA) is 61.3 Å². The molecule has 0 saturated heterocycles. The van der Waals surface area contributed by atoms with Gasteiger partial charge in [-0.2, -0.15) is 0 Å². The summed E-state index contributed by atoms with van der Waals surface area (Å²) < 4.78 is 11.0. The van der Waals surface area contributed by atoms with E-state index in [0.717, 1.165) is 28.1 Å². The molecule has 0 saturated carbocycles. The summed E-state index contributed by atoms with van der Waals surface area (Å²) in [6, 6.07) is 13.1. The van der Waals surface area contributed by atoms with Crippen molar-refractivity contribution in [2.75, 3.05) is 7.11 Å². The zero-order chi connectivity index (χ0) is 14.1. The largest absolute Gasteiger partial charge is 0.497 e. The lowest BCUT2D eigenvalue weighted by molar-refractivity contribution is 0.413. The first-order valence-electron chi connectivity index (χ1n) is 6.44. The Morgan fingerprint density at radius 2 is 2.05 bits per heavy atom. The van der Waals surface area contributed by atoms with Gasteiger partial charge in [-0.3, -0.25) is 0 Å². The fourth-order valence-corrected chi connectivity index (χ4v) is 2.20. The van der Waals surface area contributed by atoms with Crippen LogP contribution in [-0.2, 0) is 0 Å². The molecule has 4 nitrogen and oxygen atoms in total. The molecule has 0 aliphatic heterocycles. The number of nitrogens with two attached hydrogens (primary N) is 1. The van der Waals surface area contributed by atoms with Crippen molar-refractivity contribution in [3.8, 4) is 5.75 Å². The maximum absolute atomic E-state index is 6.26. The molecule has 1 unspecified atom stereocenters. The first-order chi connectivity index (χ1) is 9.67. The Morgan fingerprint density at radius 1 is 1.20 bits per heavy atom. The summed E-state index contributed by atoms with van der Waals surface area (Å²) in [5.74, 6) is 1.48. The van der Waals surface area contributed by atoms with Crippen LogP contribution in [0.5, 0.6) is 5.75 Å². The minimum Gasteiger partial charge on any atom is -0.497 e. The van der Waals surface area contributed by atoms with Crippen molar-refractivity contribution in [2.45, 2.75) is 13.0 Å². The summed E-state index contributed by atoms with van der Waals surface area (Å²) in [6.07, 6.45) is 0. The summed E-state index contributed by atoms with van der Waals surface area (Å²) in [4.78, 5) is 4.43. The van der Waals surface area contributed by atoms with Crippen LogP contribution in [0.1, 0.15) is 23.1 Å². The molecular formula is C16H16N2O2. The Kier molecular flexibility index (Phi) is 3.16. The monoisotopic (exact) mass is 268 g/mol. The number of pyridine rings is 1. The molecule has 0 fully saturated rings. The highest BCUT2D eigenvalue weighted by atomic mass is 16.5. The van der Waals surface area contributed by atoms with Crippen LogP contribution < -0.4 is 10.5 Å². The average Bonchev–Trinajstić information content (AvgIpc) is 2.89. The molecule has 0 amide bonds. The highest BCUT2D eigenvalue weighted by Crippen LogP contribution is 2.27. The van der Waals surface area contributed by atoms with Gasteiger partial charge in [-0.05, 0) is 36.8 Å². The highest BCUT2D eigenvalue weighted by molar-refractivity contribution is 5.73. The van der Waals surface area contributed by atoms with Gasteiger partial charge in [-0.15, -0.1) is 0 Å². The lowest BCUT2D eigenvalue weighted by Gasteiger charge is -2.10. The first-order valence-corrected chi connectivity index (χ1v) is 6.44. The van der Waals surface area contributed by atoms with E-state index in [1.165, 1.54) is 0 Å². The minimum absolute atomic E-state index is 0.334. The minimum atomic E-state index is -0.334. The summed E-state index contributed by atoms with van der Waals surface area (Å²) in [5, 5.41) is 0. The van der Waals surface area contributed by atoms with Gasteiger partial charge in [-0.25, -0.2) is 4.98 Å². The van der Waals surface area contributed by atoms with E-state index in [1.54, 1.807) is 7.11 Å².